The van der Waals surface area contributed by atoms with E-state index in [2.05, 4.69) is 83.4 Å². The van der Waals surface area contributed by atoms with Crippen LogP contribution in [0.2, 0.25) is 0 Å². The van der Waals surface area contributed by atoms with Gasteiger partial charge in [-0.15, -0.1) is 11.3 Å². The van der Waals surface area contributed by atoms with E-state index in [1.165, 1.54) is 21.5 Å². The van der Waals surface area contributed by atoms with E-state index in [0.717, 1.165) is 36.9 Å². The summed E-state index contributed by atoms with van der Waals surface area (Å²) >= 11 is 1.60. The molecule has 2 heterocycles. The highest BCUT2D eigenvalue weighted by molar-refractivity contribution is 7.27. The molecule has 0 radical (unpaired) electrons. The van der Waals surface area contributed by atoms with Crippen LogP contribution in [-0.4, -0.2) is 21.7 Å². The minimum Gasteiger partial charge on any atom is -0.423 e. The molecule has 3 nitrogen and oxygen atoms in total. The third-order valence-corrected chi connectivity index (χ3v) is 7.80. The fraction of sp³-hybridized carbons (Fsp3) is 0. The summed E-state index contributed by atoms with van der Waals surface area (Å²) in [5, 5.41) is 27.5. The van der Waals surface area contributed by atoms with Crippen molar-refractivity contribution in [3.8, 4) is 5.69 Å². The molecule has 5 aromatic carbocycles. The fourth-order valence-corrected chi connectivity index (χ4v) is 6.31. The van der Waals surface area contributed by atoms with Crippen LogP contribution in [-0.2, 0) is 0 Å². The molecule has 0 aliphatic heterocycles. The van der Waals surface area contributed by atoms with Gasteiger partial charge in [-0.2, -0.15) is 0 Å². The van der Waals surface area contributed by atoms with Crippen molar-refractivity contribution < 1.29 is 10.0 Å². The van der Waals surface area contributed by atoms with Gasteiger partial charge in [-0.1, -0.05) is 60.7 Å². The lowest BCUT2D eigenvalue weighted by Gasteiger charge is -2.12. The molecule has 7 aromatic rings. The average molecular weight is 443 g/mol. The van der Waals surface area contributed by atoms with E-state index >= 15 is 0 Å². The number of hydrogen-bond donors (Lipinski definition) is 2. The van der Waals surface area contributed by atoms with E-state index in [4.69, 9.17) is 0 Å². The van der Waals surface area contributed by atoms with Crippen LogP contribution in [0, 0.1) is 0 Å². The number of thiophene rings is 1. The third-order valence-electron chi connectivity index (χ3n) is 6.57. The van der Waals surface area contributed by atoms with Crippen molar-refractivity contribution in [3.63, 3.8) is 0 Å². The Labute approximate surface area is 193 Å². The van der Waals surface area contributed by atoms with E-state index in [1.807, 2.05) is 18.2 Å². The number of aromatic nitrogens is 1. The predicted molar refractivity (Wildman–Crippen MR) is 141 cm³/mol. The molecule has 0 fully saturated rings. The van der Waals surface area contributed by atoms with Gasteiger partial charge in [0.25, 0.3) is 0 Å². The number of nitrogens with zero attached hydrogens (tertiary/aromatic N) is 1. The van der Waals surface area contributed by atoms with E-state index in [9.17, 15) is 10.0 Å². The van der Waals surface area contributed by atoms with E-state index < -0.39 is 7.12 Å². The molecule has 0 spiro atoms. The van der Waals surface area contributed by atoms with Crippen molar-refractivity contribution >= 4 is 76.7 Å². The first kappa shape index (κ1) is 18.9. The SMILES string of the molecule is OB(O)c1cc(-n2c3ccccc3c3cc4ccccc4cc32)cc2c1sc1ccccc12. The summed E-state index contributed by atoms with van der Waals surface area (Å²) in [5.74, 6) is 0. The van der Waals surface area contributed by atoms with Gasteiger partial charge in [0.1, 0.15) is 0 Å². The molecule has 33 heavy (non-hydrogen) atoms. The molecule has 0 saturated carbocycles. The Hall–Kier alpha value is -3.64. The van der Waals surface area contributed by atoms with E-state index in [-0.39, 0.29) is 0 Å². The first-order valence-corrected chi connectivity index (χ1v) is 11.7. The quantitative estimate of drug-likeness (QED) is 0.323. The zero-order chi connectivity index (χ0) is 22.1. The molecule has 2 N–H and O–H groups in total. The number of benzene rings is 5. The number of para-hydroxylation sites is 1. The van der Waals surface area contributed by atoms with Crippen molar-refractivity contribution in [1.29, 1.82) is 0 Å². The smallest absolute Gasteiger partial charge is 0.423 e. The zero-order valence-corrected chi connectivity index (χ0v) is 18.4. The summed E-state index contributed by atoms with van der Waals surface area (Å²) in [4.78, 5) is 0. The summed E-state index contributed by atoms with van der Waals surface area (Å²) < 4.78 is 4.30. The van der Waals surface area contributed by atoms with Crippen LogP contribution in [0.5, 0.6) is 0 Å². The van der Waals surface area contributed by atoms with Gasteiger partial charge in [0, 0.05) is 42.1 Å². The average Bonchev–Trinajstić information content (AvgIpc) is 3.37. The molecule has 0 aliphatic rings. The van der Waals surface area contributed by atoms with Crippen LogP contribution in [0.25, 0.3) is 58.4 Å². The second kappa shape index (κ2) is 6.93. The molecule has 0 unspecified atom stereocenters. The van der Waals surface area contributed by atoms with Crippen molar-refractivity contribution in [2.24, 2.45) is 0 Å². The van der Waals surface area contributed by atoms with Gasteiger partial charge < -0.3 is 14.6 Å². The monoisotopic (exact) mass is 443 g/mol. The van der Waals surface area contributed by atoms with Crippen molar-refractivity contribution in [1.82, 2.24) is 4.57 Å². The standard InChI is InChI=1S/C28H18BNO2S/c31-29(32)24-16-19(15-23-21-10-4-6-12-27(21)33-28(23)24)30-25-11-5-3-9-20(25)22-13-17-7-1-2-8-18(17)14-26(22)30/h1-16,31-32H. The Morgan fingerprint density at radius 2 is 1.30 bits per heavy atom. The number of rotatable bonds is 2. The topological polar surface area (TPSA) is 45.4 Å². The maximum Gasteiger partial charge on any atom is 0.489 e. The molecule has 5 heteroatoms. The molecule has 0 bridgehead atoms. The van der Waals surface area contributed by atoms with Gasteiger partial charge in [0.15, 0.2) is 0 Å². The Bertz CT molecular complexity index is 1870. The Morgan fingerprint density at radius 1 is 0.606 bits per heavy atom. The first-order chi connectivity index (χ1) is 16.2. The predicted octanol–water partition coefficient (Wildman–Crippen LogP) is 5.98. The molecule has 0 saturated heterocycles. The minimum atomic E-state index is -1.55. The van der Waals surface area contributed by atoms with Gasteiger partial charge >= 0.3 is 7.12 Å². The first-order valence-electron chi connectivity index (χ1n) is 10.9. The maximum absolute atomic E-state index is 10.3. The molecule has 2 aromatic heterocycles. The number of hydrogen-bond acceptors (Lipinski definition) is 3. The summed E-state index contributed by atoms with van der Waals surface area (Å²) in [6.07, 6.45) is 0. The molecule has 0 amide bonds. The largest absolute Gasteiger partial charge is 0.489 e. The summed E-state index contributed by atoms with van der Waals surface area (Å²) in [7, 11) is -1.55. The van der Waals surface area contributed by atoms with Crippen molar-refractivity contribution in [3.05, 3.63) is 97.1 Å². The lowest BCUT2D eigenvalue weighted by molar-refractivity contribution is 0.426. The van der Waals surface area contributed by atoms with Crippen LogP contribution < -0.4 is 5.46 Å². The highest BCUT2D eigenvalue weighted by Gasteiger charge is 2.21. The van der Waals surface area contributed by atoms with Gasteiger partial charge in [-0.25, -0.2) is 0 Å². The second-order valence-electron chi connectivity index (χ2n) is 8.45. The summed E-state index contributed by atoms with van der Waals surface area (Å²) in [6.45, 7) is 0. The maximum atomic E-state index is 10.3. The summed E-state index contributed by atoms with van der Waals surface area (Å²) in [6, 6.07) is 33.6. The normalized spacial score (nSPS) is 11.9. The van der Waals surface area contributed by atoms with Crippen LogP contribution in [0.4, 0.5) is 0 Å². The van der Waals surface area contributed by atoms with E-state index in [0.29, 0.717) is 5.46 Å². The Kier molecular flexibility index (Phi) is 3.97. The van der Waals surface area contributed by atoms with Gasteiger partial charge in [0.05, 0.1) is 11.0 Å². The van der Waals surface area contributed by atoms with E-state index in [1.54, 1.807) is 11.3 Å². The van der Waals surface area contributed by atoms with Gasteiger partial charge in [-0.05, 0) is 47.2 Å². The van der Waals surface area contributed by atoms with Gasteiger partial charge in [-0.3, -0.25) is 0 Å². The Morgan fingerprint density at radius 3 is 2.12 bits per heavy atom. The highest BCUT2D eigenvalue weighted by Crippen LogP contribution is 2.38. The fourth-order valence-electron chi connectivity index (χ4n) is 5.09. The third kappa shape index (κ3) is 2.71. The molecular formula is C28H18BNO2S. The molecule has 0 aliphatic carbocycles. The lowest BCUT2D eigenvalue weighted by Crippen LogP contribution is -2.30. The lowest BCUT2D eigenvalue weighted by atomic mass is 9.79. The van der Waals surface area contributed by atoms with Crippen LogP contribution in [0.3, 0.4) is 0 Å². The van der Waals surface area contributed by atoms with Crippen molar-refractivity contribution in [2.75, 3.05) is 0 Å². The van der Waals surface area contributed by atoms with Crippen LogP contribution in [0.15, 0.2) is 97.1 Å². The number of fused-ring (bicyclic) bond motifs is 7. The molecule has 7 rings (SSSR count). The van der Waals surface area contributed by atoms with Crippen LogP contribution >= 0.6 is 11.3 Å². The molecule has 0 atom stereocenters. The molecular weight excluding hydrogens is 425 g/mol. The van der Waals surface area contributed by atoms with Crippen LogP contribution in [0.1, 0.15) is 0 Å². The second-order valence-corrected chi connectivity index (χ2v) is 9.50. The Balaban J connectivity index is 1.66. The summed E-state index contributed by atoms with van der Waals surface area (Å²) in [5.41, 5.74) is 3.67. The molecule has 156 valence electrons. The van der Waals surface area contributed by atoms with Gasteiger partial charge in [0.2, 0.25) is 0 Å². The van der Waals surface area contributed by atoms with Crippen molar-refractivity contribution in [2.45, 2.75) is 0 Å². The minimum absolute atomic E-state index is 0.537. The zero-order valence-electron chi connectivity index (χ0n) is 17.6. The highest BCUT2D eigenvalue weighted by atomic mass is 32.1.